The van der Waals surface area contributed by atoms with Crippen LogP contribution in [0.1, 0.15) is 52.9 Å². The third-order valence-corrected chi connectivity index (χ3v) is 5.29. The molecule has 3 aliphatic rings. The van der Waals surface area contributed by atoms with E-state index in [1.807, 2.05) is 0 Å². The van der Waals surface area contributed by atoms with Gasteiger partial charge in [-0.1, -0.05) is 13.8 Å². The van der Waals surface area contributed by atoms with Crippen LogP contribution in [0.4, 0.5) is 0 Å². The Labute approximate surface area is 97.7 Å². The molecule has 0 N–H and O–H groups in total. The maximum atomic E-state index is 12.1. The number of epoxide rings is 1. The highest BCUT2D eigenvalue weighted by Crippen LogP contribution is 2.57. The summed E-state index contributed by atoms with van der Waals surface area (Å²) in [4.78, 5) is 12.1. The van der Waals surface area contributed by atoms with Crippen LogP contribution in [0, 0.1) is 17.3 Å². The number of fused-ring (bicyclic) bond motifs is 2. The Hall–Kier alpha value is -0.370. The lowest BCUT2D eigenvalue weighted by Crippen LogP contribution is -2.47. The molecule has 2 saturated carbocycles. The van der Waals surface area contributed by atoms with Gasteiger partial charge in [-0.15, -0.1) is 0 Å². The van der Waals surface area contributed by atoms with Crippen molar-refractivity contribution >= 4 is 5.78 Å². The molecule has 0 aromatic heterocycles. The molecule has 1 heterocycles. The second-order valence-electron chi connectivity index (χ2n) is 6.87. The zero-order valence-electron chi connectivity index (χ0n) is 10.6. The Morgan fingerprint density at radius 1 is 1.25 bits per heavy atom. The highest BCUT2D eigenvalue weighted by molar-refractivity contribution is 5.82. The second kappa shape index (κ2) is 3.10. The van der Waals surface area contributed by atoms with Gasteiger partial charge in [-0.2, -0.15) is 0 Å². The number of Topliss-reactive ketones (excluding diaryl/α,β-unsaturated/α-hetero) is 1. The van der Waals surface area contributed by atoms with E-state index in [-0.39, 0.29) is 5.60 Å². The van der Waals surface area contributed by atoms with E-state index in [2.05, 4.69) is 20.8 Å². The van der Waals surface area contributed by atoms with Crippen LogP contribution in [0.15, 0.2) is 0 Å². The third-order valence-electron chi connectivity index (χ3n) is 5.29. The quantitative estimate of drug-likeness (QED) is 0.590. The molecule has 1 aliphatic heterocycles. The minimum Gasteiger partial charge on any atom is -0.366 e. The highest BCUT2D eigenvalue weighted by Gasteiger charge is 2.56. The monoisotopic (exact) mass is 222 g/mol. The van der Waals surface area contributed by atoms with Crippen LogP contribution in [0.3, 0.4) is 0 Å². The van der Waals surface area contributed by atoms with Gasteiger partial charge in [0.2, 0.25) is 0 Å². The second-order valence-corrected chi connectivity index (χ2v) is 6.87. The number of hydrogen-bond donors (Lipinski definition) is 0. The molecule has 3 fully saturated rings. The lowest BCUT2D eigenvalue weighted by atomic mass is 9.53. The van der Waals surface area contributed by atoms with Crippen LogP contribution in [0.2, 0.25) is 0 Å². The van der Waals surface area contributed by atoms with Crippen molar-refractivity contribution in [1.29, 1.82) is 0 Å². The first-order valence-electron chi connectivity index (χ1n) is 6.63. The summed E-state index contributed by atoms with van der Waals surface area (Å²) >= 11 is 0. The molecule has 0 bridgehead atoms. The molecule has 3 rings (SSSR count). The van der Waals surface area contributed by atoms with Crippen molar-refractivity contribution < 1.29 is 9.53 Å². The van der Waals surface area contributed by atoms with E-state index in [0.29, 0.717) is 29.1 Å². The van der Waals surface area contributed by atoms with Crippen molar-refractivity contribution in [2.24, 2.45) is 17.3 Å². The van der Waals surface area contributed by atoms with E-state index >= 15 is 0 Å². The van der Waals surface area contributed by atoms with Crippen molar-refractivity contribution in [1.82, 2.24) is 0 Å². The average molecular weight is 222 g/mol. The fourth-order valence-corrected chi connectivity index (χ4v) is 3.95. The number of ether oxygens (including phenoxy) is 1. The largest absolute Gasteiger partial charge is 0.366 e. The van der Waals surface area contributed by atoms with Gasteiger partial charge in [0.05, 0.1) is 11.7 Å². The number of hydrogen-bond acceptors (Lipinski definition) is 2. The van der Waals surface area contributed by atoms with Crippen molar-refractivity contribution in [2.45, 2.75) is 64.6 Å². The van der Waals surface area contributed by atoms with Crippen LogP contribution in [-0.4, -0.2) is 17.5 Å². The minimum absolute atomic E-state index is 0.112. The van der Waals surface area contributed by atoms with Crippen LogP contribution in [0.25, 0.3) is 0 Å². The van der Waals surface area contributed by atoms with Gasteiger partial charge in [0.15, 0.2) is 0 Å². The molecule has 0 radical (unpaired) electrons. The van der Waals surface area contributed by atoms with Crippen LogP contribution in [-0.2, 0) is 9.53 Å². The number of carbonyl (C=O) groups excluding carboxylic acids is 1. The molecule has 16 heavy (non-hydrogen) atoms. The smallest absolute Gasteiger partial charge is 0.136 e. The summed E-state index contributed by atoms with van der Waals surface area (Å²) in [7, 11) is 0. The van der Waals surface area contributed by atoms with E-state index in [1.54, 1.807) is 0 Å². The van der Waals surface area contributed by atoms with Crippen molar-refractivity contribution in [3.05, 3.63) is 0 Å². The van der Waals surface area contributed by atoms with Gasteiger partial charge in [0.25, 0.3) is 0 Å². The van der Waals surface area contributed by atoms with Gasteiger partial charge >= 0.3 is 0 Å². The third kappa shape index (κ3) is 1.46. The zero-order valence-corrected chi connectivity index (χ0v) is 10.6. The summed E-state index contributed by atoms with van der Waals surface area (Å²) in [6.07, 6.45) is 5.51. The predicted octanol–water partition coefficient (Wildman–Crippen LogP) is 2.95. The van der Waals surface area contributed by atoms with E-state index in [0.717, 1.165) is 25.7 Å². The lowest BCUT2D eigenvalue weighted by Gasteiger charge is -2.51. The van der Waals surface area contributed by atoms with Gasteiger partial charge in [-0.3, -0.25) is 4.79 Å². The maximum absolute atomic E-state index is 12.1. The lowest BCUT2D eigenvalue weighted by molar-refractivity contribution is -0.137. The molecule has 1 saturated heterocycles. The topological polar surface area (TPSA) is 29.6 Å². The van der Waals surface area contributed by atoms with E-state index < -0.39 is 0 Å². The van der Waals surface area contributed by atoms with Crippen molar-refractivity contribution in [3.63, 3.8) is 0 Å². The summed E-state index contributed by atoms with van der Waals surface area (Å²) < 4.78 is 5.75. The summed E-state index contributed by atoms with van der Waals surface area (Å²) in [6, 6.07) is 0. The molecule has 0 spiro atoms. The predicted molar refractivity (Wildman–Crippen MR) is 62.1 cm³/mol. The van der Waals surface area contributed by atoms with Gasteiger partial charge < -0.3 is 4.74 Å². The highest BCUT2D eigenvalue weighted by atomic mass is 16.6. The molecule has 2 nitrogen and oxygen atoms in total. The average Bonchev–Trinajstić information content (AvgIpc) is 2.82. The molecule has 2 heteroatoms. The first-order valence-corrected chi connectivity index (χ1v) is 6.63. The van der Waals surface area contributed by atoms with Crippen LogP contribution >= 0.6 is 0 Å². The van der Waals surface area contributed by atoms with E-state index in [9.17, 15) is 4.79 Å². The fourth-order valence-electron chi connectivity index (χ4n) is 3.95. The molecule has 0 aromatic carbocycles. The molecule has 2 aliphatic carbocycles. The molecule has 0 aromatic rings. The van der Waals surface area contributed by atoms with Crippen molar-refractivity contribution in [3.8, 4) is 0 Å². The first-order chi connectivity index (χ1) is 7.42. The standard InChI is InChI=1S/C14H22O2/c1-13(2)8-9-10(13)6-7-14(3)12(16-14)5-4-11(9)15/h9-10,12H,4-8H2,1-3H3/t9-,10-,12-,14-/m1/s1. The Morgan fingerprint density at radius 3 is 2.69 bits per heavy atom. The zero-order chi connectivity index (χ0) is 11.6. The molecule has 0 amide bonds. The Balaban J connectivity index is 1.78. The SMILES string of the molecule is CC1(C)C[C@H]2C(=O)CC[C@H]3O[C@]3(C)CC[C@H]21. The molecular weight excluding hydrogens is 200 g/mol. The Morgan fingerprint density at radius 2 is 2.00 bits per heavy atom. The summed E-state index contributed by atoms with van der Waals surface area (Å²) in [6.45, 7) is 6.84. The van der Waals surface area contributed by atoms with E-state index in [1.165, 1.54) is 6.42 Å². The molecular formula is C14H22O2. The molecule has 4 atom stereocenters. The number of carbonyl (C=O) groups is 1. The van der Waals surface area contributed by atoms with Crippen LogP contribution < -0.4 is 0 Å². The molecule has 90 valence electrons. The van der Waals surface area contributed by atoms with Crippen LogP contribution in [0.5, 0.6) is 0 Å². The maximum Gasteiger partial charge on any atom is 0.136 e. The van der Waals surface area contributed by atoms with Gasteiger partial charge in [0, 0.05) is 12.3 Å². The number of ketones is 1. The van der Waals surface area contributed by atoms with Gasteiger partial charge in [-0.05, 0) is 43.9 Å². The molecule has 0 unspecified atom stereocenters. The Kier molecular flexibility index (Phi) is 2.08. The minimum atomic E-state index is 0.112. The van der Waals surface area contributed by atoms with Gasteiger partial charge in [-0.25, -0.2) is 0 Å². The van der Waals surface area contributed by atoms with Gasteiger partial charge in [0.1, 0.15) is 5.78 Å². The summed E-state index contributed by atoms with van der Waals surface area (Å²) in [5.41, 5.74) is 0.492. The summed E-state index contributed by atoms with van der Waals surface area (Å²) in [5, 5.41) is 0. The summed E-state index contributed by atoms with van der Waals surface area (Å²) in [5.74, 6) is 1.49. The fraction of sp³-hybridized carbons (Fsp3) is 0.929. The number of rotatable bonds is 0. The first kappa shape index (κ1) is 10.8. The Bertz CT molecular complexity index is 334. The normalized spacial score (nSPS) is 50.2. The van der Waals surface area contributed by atoms with E-state index in [4.69, 9.17) is 4.74 Å². The van der Waals surface area contributed by atoms with Crippen molar-refractivity contribution in [2.75, 3.05) is 0 Å².